The first-order valence-electron chi connectivity index (χ1n) is 8.41. The second-order valence-electron chi connectivity index (χ2n) is 7.62. The third-order valence-corrected chi connectivity index (χ3v) is 7.70. The van der Waals surface area contributed by atoms with E-state index < -0.39 is 0 Å². The van der Waals surface area contributed by atoms with Crippen molar-refractivity contribution in [2.75, 3.05) is 13.4 Å². The fourth-order valence-electron chi connectivity index (χ4n) is 5.12. The second-order valence-corrected chi connectivity index (χ2v) is 9.12. The minimum Gasteiger partial charge on any atom is -0.438 e. The highest BCUT2D eigenvalue weighted by Crippen LogP contribution is 2.62. The zero-order valence-electron chi connectivity index (χ0n) is 13.1. The standard InChI is InChI=1S/C17H27IO3/c1-3-15(18)16(19)21-10-20-9-17(2)13-5-11-4-12(7-13)8-14(17)6-11/h11-15H,3-10H2,1-2H3. The van der Waals surface area contributed by atoms with Gasteiger partial charge in [-0.1, -0.05) is 36.4 Å². The Bertz CT molecular complexity index is 367. The molecule has 0 saturated heterocycles. The minimum atomic E-state index is -0.145. The van der Waals surface area contributed by atoms with E-state index in [0.717, 1.165) is 36.7 Å². The molecule has 0 amide bonds. The van der Waals surface area contributed by atoms with Crippen molar-refractivity contribution in [3.8, 4) is 0 Å². The smallest absolute Gasteiger partial charge is 0.320 e. The van der Waals surface area contributed by atoms with E-state index in [1.54, 1.807) is 0 Å². The Kier molecular flexibility index (Phi) is 4.84. The van der Waals surface area contributed by atoms with Crippen LogP contribution in [0.2, 0.25) is 0 Å². The van der Waals surface area contributed by atoms with Crippen molar-refractivity contribution in [2.45, 2.75) is 56.3 Å². The summed E-state index contributed by atoms with van der Waals surface area (Å²) < 4.78 is 10.9. The van der Waals surface area contributed by atoms with Crippen molar-refractivity contribution >= 4 is 28.6 Å². The van der Waals surface area contributed by atoms with Gasteiger partial charge in [-0.3, -0.25) is 4.79 Å². The Morgan fingerprint density at radius 1 is 1.19 bits per heavy atom. The normalized spacial score (nSPS) is 42.0. The zero-order valence-corrected chi connectivity index (χ0v) is 15.3. The van der Waals surface area contributed by atoms with Gasteiger partial charge >= 0.3 is 5.97 Å². The summed E-state index contributed by atoms with van der Waals surface area (Å²) >= 11 is 2.13. The SMILES string of the molecule is CCC(I)C(=O)OCOCC1(C)C2CC3CC(C2)CC1C3. The van der Waals surface area contributed by atoms with Crippen LogP contribution in [-0.4, -0.2) is 23.3 Å². The molecule has 0 aromatic rings. The van der Waals surface area contributed by atoms with Crippen molar-refractivity contribution in [1.29, 1.82) is 0 Å². The molecule has 0 N–H and O–H groups in total. The third-order valence-electron chi connectivity index (χ3n) is 6.32. The van der Waals surface area contributed by atoms with Crippen LogP contribution in [0.3, 0.4) is 0 Å². The summed E-state index contributed by atoms with van der Waals surface area (Å²) in [4.78, 5) is 11.6. The quantitative estimate of drug-likeness (QED) is 0.218. The molecule has 0 spiro atoms. The number of ether oxygens (including phenoxy) is 2. The highest BCUT2D eigenvalue weighted by molar-refractivity contribution is 14.1. The van der Waals surface area contributed by atoms with E-state index in [1.165, 1.54) is 32.1 Å². The molecule has 4 heteroatoms. The molecule has 0 aromatic heterocycles. The topological polar surface area (TPSA) is 35.5 Å². The van der Waals surface area contributed by atoms with Gasteiger partial charge in [0.15, 0.2) is 6.79 Å². The second kappa shape index (κ2) is 6.34. The number of halogens is 1. The van der Waals surface area contributed by atoms with E-state index in [-0.39, 0.29) is 16.7 Å². The molecule has 4 fully saturated rings. The Morgan fingerprint density at radius 2 is 1.76 bits per heavy atom. The average molecular weight is 406 g/mol. The first kappa shape index (κ1) is 16.0. The maximum Gasteiger partial charge on any atom is 0.320 e. The maximum atomic E-state index is 11.6. The van der Waals surface area contributed by atoms with Crippen LogP contribution >= 0.6 is 22.6 Å². The van der Waals surface area contributed by atoms with Crippen molar-refractivity contribution in [2.24, 2.45) is 29.1 Å². The van der Waals surface area contributed by atoms with E-state index in [2.05, 4.69) is 29.5 Å². The van der Waals surface area contributed by atoms with E-state index in [1.807, 2.05) is 6.92 Å². The summed E-state index contributed by atoms with van der Waals surface area (Å²) in [5.41, 5.74) is 0.314. The summed E-state index contributed by atoms with van der Waals surface area (Å²) in [6.07, 6.45) is 7.90. The Morgan fingerprint density at radius 3 is 2.29 bits per heavy atom. The highest BCUT2D eigenvalue weighted by Gasteiger charge is 2.54. The molecule has 1 unspecified atom stereocenters. The van der Waals surface area contributed by atoms with Gasteiger partial charge in [-0.2, -0.15) is 0 Å². The van der Waals surface area contributed by atoms with Crippen LogP contribution in [-0.2, 0) is 14.3 Å². The van der Waals surface area contributed by atoms with Crippen molar-refractivity contribution < 1.29 is 14.3 Å². The lowest BCUT2D eigenvalue weighted by atomic mass is 9.46. The van der Waals surface area contributed by atoms with Gasteiger partial charge in [-0.25, -0.2) is 0 Å². The lowest BCUT2D eigenvalue weighted by Crippen LogP contribution is -2.53. The van der Waals surface area contributed by atoms with Gasteiger partial charge in [0.1, 0.15) is 3.92 Å². The van der Waals surface area contributed by atoms with E-state index in [9.17, 15) is 4.79 Å². The van der Waals surface area contributed by atoms with E-state index in [0.29, 0.717) is 5.41 Å². The highest BCUT2D eigenvalue weighted by atomic mass is 127. The molecule has 0 aliphatic heterocycles. The number of hydrogen-bond acceptors (Lipinski definition) is 3. The van der Waals surface area contributed by atoms with E-state index >= 15 is 0 Å². The van der Waals surface area contributed by atoms with Gasteiger partial charge < -0.3 is 9.47 Å². The van der Waals surface area contributed by atoms with Gasteiger partial charge in [-0.15, -0.1) is 0 Å². The summed E-state index contributed by atoms with van der Waals surface area (Å²) in [5.74, 6) is 3.49. The lowest BCUT2D eigenvalue weighted by molar-refractivity contribution is -0.173. The summed E-state index contributed by atoms with van der Waals surface area (Å²) in [7, 11) is 0. The molecule has 4 rings (SSSR count). The summed E-state index contributed by atoms with van der Waals surface area (Å²) in [6, 6.07) is 0. The van der Waals surface area contributed by atoms with Crippen molar-refractivity contribution in [1.82, 2.24) is 0 Å². The molecule has 0 radical (unpaired) electrons. The number of rotatable bonds is 6. The molecule has 3 nitrogen and oxygen atoms in total. The van der Waals surface area contributed by atoms with Crippen LogP contribution in [0.1, 0.15) is 52.4 Å². The molecule has 0 heterocycles. The molecule has 1 atom stereocenters. The molecular formula is C17H27IO3. The fourth-order valence-corrected chi connectivity index (χ4v) is 5.29. The molecule has 21 heavy (non-hydrogen) atoms. The van der Waals surface area contributed by atoms with Crippen LogP contribution in [0.5, 0.6) is 0 Å². The van der Waals surface area contributed by atoms with Crippen molar-refractivity contribution in [3.63, 3.8) is 0 Å². The van der Waals surface area contributed by atoms with Crippen LogP contribution < -0.4 is 0 Å². The Hall–Kier alpha value is 0.160. The largest absolute Gasteiger partial charge is 0.438 e. The summed E-state index contributed by atoms with van der Waals surface area (Å²) in [6.45, 7) is 5.29. The number of hydrogen-bond donors (Lipinski definition) is 0. The van der Waals surface area contributed by atoms with Crippen LogP contribution in [0.4, 0.5) is 0 Å². The van der Waals surface area contributed by atoms with Gasteiger partial charge in [0.2, 0.25) is 0 Å². The predicted molar refractivity (Wildman–Crippen MR) is 90.2 cm³/mol. The van der Waals surface area contributed by atoms with Gasteiger partial charge in [-0.05, 0) is 67.6 Å². The number of carbonyl (C=O) groups excluding carboxylic acids is 1. The molecule has 4 saturated carbocycles. The molecule has 4 aliphatic rings. The van der Waals surface area contributed by atoms with Gasteiger partial charge in [0.05, 0.1) is 6.61 Å². The van der Waals surface area contributed by atoms with Crippen LogP contribution in [0, 0.1) is 29.1 Å². The summed E-state index contributed by atoms with van der Waals surface area (Å²) in [5, 5.41) is 0. The first-order valence-corrected chi connectivity index (χ1v) is 9.66. The zero-order chi connectivity index (χ0) is 15.0. The minimum absolute atomic E-state index is 0.0528. The molecule has 0 aromatic carbocycles. The van der Waals surface area contributed by atoms with Gasteiger partial charge in [0, 0.05) is 0 Å². The Labute approximate surface area is 141 Å². The lowest BCUT2D eigenvalue weighted by Gasteiger charge is -2.60. The number of alkyl halides is 1. The average Bonchev–Trinajstić information content (AvgIpc) is 2.47. The number of carbonyl (C=O) groups is 1. The molecule has 4 bridgehead atoms. The van der Waals surface area contributed by atoms with Crippen molar-refractivity contribution in [3.05, 3.63) is 0 Å². The van der Waals surface area contributed by atoms with Crippen LogP contribution in [0.15, 0.2) is 0 Å². The molecular weight excluding hydrogens is 379 g/mol. The predicted octanol–water partition coefficient (Wildman–Crippen LogP) is 4.18. The van der Waals surface area contributed by atoms with E-state index in [4.69, 9.17) is 9.47 Å². The Balaban J connectivity index is 1.48. The molecule has 4 aliphatic carbocycles. The third kappa shape index (κ3) is 3.12. The fraction of sp³-hybridized carbons (Fsp3) is 0.941. The van der Waals surface area contributed by atoms with Gasteiger partial charge in [0.25, 0.3) is 0 Å². The monoisotopic (exact) mass is 406 g/mol. The first-order chi connectivity index (χ1) is 10.0. The van der Waals surface area contributed by atoms with Crippen LogP contribution in [0.25, 0.3) is 0 Å². The number of esters is 1. The maximum absolute atomic E-state index is 11.6. The molecule has 120 valence electrons.